The highest BCUT2D eigenvalue weighted by atomic mass is 16.6. The van der Waals surface area contributed by atoms with Crippen molar-refractivity contribution < 1.29 is 19.0 Å². The molecule has 2 atom stereocenters. The van der Waals surface area contributed by atoms with Crippen molar-refractivity contribution in [2.24, 2.45) is 0 Å². The maximum absolute atomic E-state index is 13.0. The van der Waals surface area contributed by atoms with Crippen LogP contribution in [-0.2, 0) is 4.74 Å². The first-order valence-corrected chi connectivity index (χ1v) is 8.50. The minimum absolute atomic E-state index is 0.0253. The molecule has 1 aromatic carbocycles. The lowest BCUT2D eigenvalue weighted by Gasteiger charge is -2.35. The number of carbonyl (C=O) groups is 1. The van der Waals surface area contributed by atoms with Crippen LogP contribution in [0.25, 0.3) is 11.3 Å². The smallest absolute Gasteiger partial charge is 0.257 e. The van der Waals surface area contributed by atoms with Gasteiger partial charge in [0, 0.05) is 18.7 Å². The third kappa shape index (κ3) is 3.07. The van der Waals surface area contributed by atoms with Crippen LogP contribution in [0, 0.1) is 0 Å². The summed E-state index contributed by atoms with van der Waals surface area (Å²) in [4.78, 5) is 14.8. The van der Waals surface area contributed by atoms with Gasteiger partial charge in [-0.2, -0.15) is 5.10 Å². The maximum atomic E-state index is 13.0. The number of morpholine rings is 1. The van der Waals surface area contributed by atoms with Crippen molar-refractivity contribution in [1.82, 2.24) is 15.1 Å². The fourth-order valence-corrected chi connectivity index (χ4v) is 3.38. The number of nitrogens with one attached hydrogen (secondary N) is 1. The second-order valence-corrected chi connectivity index (χ2v) is 6.48. The van der Waals surface area contributed by atoms with Crippen molar-refractivity contribution in [3.05, 3.63) is 30.0 Å². The van der Waals surface area contributed by atoms with E-state index in [2.05, 4.69) is 10.2 Å². The van der Waals surface area contributed by atoms with Gasteiger partial charge in [-0.1, -0.05) is 0 Å². The Morgan fingerprint density at radius 1 is 1.16 bits per heavy atom. The van der Waals surface area contributed by atoms with Crippen LogP contribution in [0.1, 0.15) is 24.2 Å². The van der Waals surface area contributed by atoms with Crippen molar-refractivity contribution in [2.75, 3.05) is 26.3 Å². The van der Waals surface area contributed by atoms with Gasteiger partial charge in [-0.15, -0.1) is 0 Å². The number of amides is 1. The van der Waals surface area contributed by atoms with Gasteiger partial charge in [0.1, 0.15) is 13.2 Å². The summed E-state index contributed by atoms with van der Waals surface area (Å²) >= 11 is 0. The predicted octanol–water partition coefficient (Wildman–Crippen LogP) is 2.10. The number of benzene rings is 1. The highest BCUT2D eigenvalue weighted by molar-refractivity contribution is 6.00. The summed E-state index contributed by atoms with van der Waals surface area (Å²) in [6.45, 7) is 6.19. The largest absolute Gasteiger partial charge is 0.486 e. The number of aromatic nitrogens is 2. The fraction of sp³-hybridized carbons (Fsp3) is 0.444. The Morgan fingerprint density at radius 2 is 1.88 bits per heavy atom. The number of ether oxygens (including phenoxy) is 3. The van der Waals surface area contributed by atoms with E-state index in [1.807, 2.05) is 36.9 Å². The summed E-state index contributed by atoms with van der Waals surface area (Å²) in [5.41, 5.74) is 2.09. The quantitative estimate of drug-likeness (QED) is 0.904. The predicted molar refractivity (Wildman–Crippen MR) is 90.9 cm³/mol. The van der Waals surface area contributed by atoms with Gasteiger partial charge in [-0.3, -0.25) is 9.89 Å². The van der Waals surface area contributed by atoms with Gasteiger partial charge in [0.05, 0.1) is 29.7 Å². The third-order valence-corrected chi connectivity index (χ3v) is 4.41. The molecular weight excluding hydrogens is 322 g/mol. The van der Waals surface area contributed by atoms with Crippen LogP contribution < -0.4 is 9.47 Å². The monoisotopic (exact) mass is 343 g/mol. The Kier molecular flexibility index (Phi) is 4.09. The van der Waals surface area contributed by atoms with Crippen molar-refractivity contribution in [3.63, 3.8) is 0 Å². The average Bonchev–Trinajstić information content (AvgIpc) is 3.09. The first-order chi connectivity index (χ1) is 12.1. The highest BCUT2D eigenvalue weighted by Gasteiger charge is 2.29. The van der Waals surface area contributed by atoms with Gasteiger partial charge in [0.15, 0.2) is 11.5 Å². The van der Waals surface area contributed by atoms with Crippen LogP contribution in [0.5, 0.6) is 11.5 Å². The van der Waals surface area contributed by atoms with Crippen LogP contribution >= 0.6 is 0 Å². The minimum atomic E-state index is -0.0411. The fourth-order valence-electron chi connectivity index (χ4n) is 3.38. The molecule has 0 saturated carbocycles. The van der Waals surface area contributed by atoms with Crippen molar-refractivity contribution in [3.8, 4) is 22.8 Å². The molecule has 2 aliphatic heterocycles. The van der Waals surface area contributed by atoms with E-state index in [0.29, 0.717) is 43.3 Å². The van der Waals surface area contributed by atoms with Crippen LogP contribution in [-0.4, -0.2) is 59.5 Å². The standard InChI is InChI=1S/C18H21N3O4/c1-11-9-21(10-12(2)25-11)18(22)14-8-19-20-17(14)13-3-4-15-16(7-13)24-6-5-23-15/h3-4,7-8,11-12H,5-6,9-10H2,1-2H3,(H,19,20)/t11-,12-/m1/s1. The molecule has 3 heterocycles. The lowest BCUT2D eigenvalue weighted by Crippen LogP contribution is -2.48. The maximum Gasteiger partial charge on any atom is 0.257 e. The Balaban J connectivity index is 1.63. The topological polar surface area (TPSA) is 76.7 Å². The van der Waals surface area contributed by atoms with E-state index in [4.69, 9.17) is 14.2 Å². The molecule has 132 valence electrons. The van der Waals surface area contributed by atoms with Crippen molar-refractivity contribution in [2.45, 2.75) is 26.1 Å². The molecule has 1 fully saturated rings. The van der Waals surface area contributed by atoms with Crippen molar-refractivity contribution in [1.29, 1.82) is 0 Å². The molecule has 25 heavy (non-hydrogen) atoms. The molecule has 2 aliphatic rings. The Morgan fingerprint density at radius 3 is 2.64 bits per heavy atom. The molecule has 0 unspecified atom stereocenters. The molecule has 1 saturated heterocycles. The van der Waals surface area contributed by atoms with Gasteiger partial charge in [-0.25, -0.2) is 0 Å². The second-order valence-electron chi connectivity index (χ2n) is 6.48. The molecule has 4 rings (SSSR count). The SMILES string of the molecule is C[C@@H]1CN(C(=O)c2cn[nH]c2-c2ccc3c(c2)OCCO3)C[C@@H](C)O1. The number of nitrogens with zero attached hydrogens (tertiary/aromatic N) is 2. The Hall–Kier alpha value is -2.54. The zero-order chi connectivity index (χ0) is 17.4. The molecular formula is C18H21N3O4. The second kappa shape index (κ2) is 6.40. The first kappa shape index (κ1) is 16.0. The van der Waals surface area contributed by atoms with Gasteiger partial charge in [0.25, 0.3) is 5.91 Å². The van der Waals surface area contributed by atoms with E-state index in [0.717, 1.165) is 11.3 Å². The lowest BCUT2D eigenvalue weighted by molar-refractivity contribution is -0.0586. The molecule has 1 amide bonds. The normalized spacial score (nSPS) is 22.7. The number of rotatable bonds is 2. The van der Waals surface area contributed by atoms with Gasteiger partial charge >= 0.3 is 0 Å². The zero-order valence-electron chi connectivity index (χ0n) is 14.3. The average molecular weight is 343 g/mol. The third-order valence-electron chi connectivity index (χ3n) is 4.41. The van der Waals surface area contributed by atoms with E-state index in [1.165, 1.54) is 0 Å². The van der Waals surface area contributed by atoms with Gasteiger partial charge in [0.2, 0.25) is 0 Å². The van der Waals surface area contributed by atoms with E-state index >= 15 is 0 Å². The lowest BCUT2D eigenvalue weighted by atomic mass is 10.1. The number of fused-ring (bicyclic) bond motifs is 1. The molecule has 0 radical (unpaired) electrons. The molecule has 0 aliphatic carbocycles. The summed E-state index contributed by atoms with van der Waals surface area (Å²) in [6, 6.07) is 5.64. The number of hydrogen-bond donors (Lipinski definition) is 1. The van der Waals surface area contributed by atoms with Crippen LogP contribution in [0.3, 0.4) is 0 Å². The number of carbonyl (C=O) groups excluding carboxylic acids is 1. The van der Waals surface area contributed by atoms with E-state index in [9.17, 15) is 4.79 Å². The Bertz CT molecular complexity index is 778. The van der Waals surface area contributed by atoms with Crippen LogP contribution in [0.4, 0.5) is 0 Å². The van der Waals surface area contributed by atoms with Gasteiger partial charge in [-0.05, 0) is 32.0 Å². The number of H-pyrrole nitrogens is 1. The molecule has 0 bridgehead atoms. The van der Waals surface area contributed by atoms with Crippen molar-refractivity contribution >= 4 is 5.91 Å². The van der Waals surface area contributed by atoms with E-state index < -0.39 is 0 Å². The summed E-state index contributed by atoms with van der Waals surface area (Å²) in [6.07, 6.45) is 1.63. The Labute approximate surface area is 145 Å². The molecule has 1 N–H and O–H groups in total. The number of aromatic amines is 1. The molecule has 7 nitrogen and oxygen atoms in total. The highest BCUT2D eigenvalue weighted by Crippen LogP contribution is 2.35. The number of hydrogen-bond acceptors (Lipinski definition) is 5. The van der Waals surface area contributed by atoms with E-state index in [1.54, 1.807) is 6.20 Å². The van der Waals surface area contributed by atoms with E-state index in [-0.39, 0.29) is 18.1 Å². The van der Waals surface area contributed by atoms with Crippen LogP contribution in [0.2, 0.25) is 0 Å². The van der Waals surface area contributed by atoms with Crippen LogP contribution in [0.15, 0.2) is 24.4 Å². The summed E-state index contributed by atoms with van der Waals surface area (Å²) in [7, 11) is 0. The molecule has 2 aromatic rings. The summed E-state index contributed by atoms with van der Waals surface area (Å²) in [5, 5.41) is 7.03. The first-order valence-electron chi connectivity index (χ1n) is 8.50. The zero-order valence-corrected chi connectivity index (χ0v) is 14.3. The molecule has 0 spiro atoms. The summed E-state index contributed by atoms with van der Waals surface area (Å²) < 4.78 is 16.9. The molecule has 1 aromatic heterocycles. The molecule has 7 heteroatoms. The van der Waals surface area contributed by atoms with Gasteiger partial charge < -0.3 is 19.1 Å². The minimum Gasteiger partial charge on any atom is -0.486 e. The summed E-state index contributed by atoms with van der Waals surface area (Å²) in [5.74, 6) is 1.37.